The van der Waals surface area contributed by atoms with Crippen molar-refractivity contribution in [2.45, 2.75) is 19.4 Å². The summed E-state index contributed by atoms with van der Waals surface area (Å²) in [6.45, 7) is 6.96. The van der Waals surface area contributed by atoms with Gasteiger partial charge in [0.25, 0.3) is 0 Å². The van der Waals surface area contributed by atoms with Crippen LogP contribution in [0.3, 0.4) is 0 Å². The number of hydrogen-bond donors (Lipinski definition) is 1. The smallest absolute Gasteiger partial charge is 0.192 e. The van der Waals surface area contributed by atoms with Gasteiger partial charge in [-0.25, -0.2) is 0 Å². The fourth-order valence-corrected chi connectivity index (χ4v) is 2.79. The van der Waals surface area contributed by atoms with Crippen LogP contribution in [0.1, 0.15) is 19.4 Å². The highest BCUT2D eigenvalue weighted by Crippen LogP contribution is 2.38. The molecule has 2 heterocycles. The van der Waals surface area contributed by atoms with E-state index in [1.807, 2.05) is 12.1 Å². The van der Waals surface area contributed by atoms with Gasteiger partial charge in [0.1, 0.15) is 13.2 Å². The van der Waals surface area contributed by atoms with Crippen molar-refractivity contribution in [3.05, 3.63) is 23.8 Å². The van der Waals surface area contributed by atoms with Gasteiger partial charge in [0.2, 0.25) is 0 Å². The fraction of sp³-hybridized carbons (Fsp3) is 0.500. The molecule has 102 valence electrons. The van der Waals surface area contributed by atoms with E-state index >= 15 is 0 Å². The molecule has 2 aliphatic rings. The summed E-state index contributed by atoms with van der Waals surface area (Å²) in [5.41, 5.74) is 6.92. The number of ether oxygens (including phenoxy) is 2. The summed E-state index contributed by atoms with van der Waals surface area (Å²) >= 11 is 0. The molecule has 0 bridgehead atoms. The highest BCUT2D eigenvalue weighted by molar-refractivity contribution is 5.81. The highest BCUT2D eigenvalue weighted by Gasteiger charge is 2.39. The normalized spacial score (nSPS) is 25.4. The van der Waals surface area contributed by atoms with Crippen molar-refractivity contribution in [2.24, 2.45) is 10.7 Å². The minimum Gasteiger partial charge on any atom is -0.486 e. The molecule has 5 nitrogen and oxygen atoms in total. The standard InChI is InChI=1S/C14H19N3O2/c1-3-17-13(15)16-9-14(17,2)10-4-5-11-12(8-10)19-7-6-18-11/h4-5,8H,3,6-7,9H2,1-2H3,(H2,15,16). The van der Waals surface area contributed by atoms with Crippen LogP contribution >= 0.6 is 0 Å². The maximum Gasteiger partial charge on any atom is 0.192 e. The van der Waals surface area contributed by atoms with Crippen LogP contribution in [0.25, 0.3) is 0 Å². The molecular formula is C14H19N3O2. The van der Waals surface area contributed by atoms with Gasteiger partial charge in [-0.2, -0.15) is 0 Å². The van der Waals surface area contributed by atoms with Gasteiger partial charge in [0.05, 0.1) is 12.1 Å². The third-order valence-electron chi connectivity index (χ3n) is 3.90. The molecule has 2 aliphatic heterocycles. The Kier molecular flexibility index (Phi) is 2.77. The zero-order valence-electron chi connectivity index (χ0n) is 11.3. The first kappa shape index (κ1) is 12.1. The summed E-state index contributed by atoms with van der Waals surface area (Å²) in [6, 6.07) is 6.09. The summed E-state index contributed by atoms with van der Waals surface area (Å²) in [5, 5.41) is 0. The highest BCUT2D eigenvalue weighted by atomic mass is 16.6. The Morgan fingerprint density at radius 3 is 2.79 bits per heavy atom. The van der Waals surface area contributed by atoms with Crippen LogP contribution in [0, 0.1) is 0 Å². The Morgan fingerprint density at radius 1 is 1.32 bits per heavy atom. The van der Waals surface area contributed by atoms with E-state index in [-0.39, 0.29) is 5.54 Å². The van der Waals surface area contributed by atoms with Crippen LogP contribution in [-0.4, -0.2) is 37.2 Å². The van der Waals surface area contributed by atoms with Crippen molar-refractivity contribution in [2.75, 3.05) is 26.3 Å². The van der Waals surface area contributed by atoms with Gasteiger partial charge in [-0.15, -0.1) is 0 Å². The Morgan fingerprint density at radius 2 is 2.05 bits per heavy atom. The van der Waals surface area contributed by atoms with Crippen molar-refractivity contribution in [1.29, 1.82) is 0 Å². The number of aliphatic imine (C=N–C) groups is 1. The van der Waals surface area contributed by atoms with Crippen LogP contribution in [0.5, 0.6) is 11.5 Å². The van der Waals surface area contributed by atoms with Crippen LogP contribution in [-0.2, 0) is 5.54 Å². The predicted molar refractivity (Wildman–Crippen MR) is 73.7 cm³/mol. The van der Waals surface area contributed by atoms with Gasteiger partial charge in [0, 0.05) is 6.54 Å². The molecule has 0 amide bonds. The molecule has 19 heavy (non-hydrogen) atoms. The van der Waals surface area contributed by atoms with Crippen molar-refractivity contribution in [3.63, 3.8) is 0 Å². The third-order valence-corrected chi connectivity index (χ3v) is 3.90. The van der Waals surface area contributed by atoms with E-state index in [4.69, 9.17) is 15.2 Å². The molecule has 1 unspecified atom stereocenters. The Labute approximate surface area is 113 Å². The van der Waals surface area contributed by atoms with Gasteiger partial charge in [-0.3, -0.25) is 4.99 Å². The first-order chi connectivity index (χ1) is 9.15. The van der Waals surface area contributed by atoms with Crippen molar-refractivity contribution in [1.82, 2.24) is 4.90 Å². The molecule has 1 aromatic rings. The van der Waals surface area contributed by atoms with E-state index in [1.165, 1.54) is 0 Å². The molecule has 0 aromatic heterocycles. The lowest BCUT2D eigenvalue weighted by Gasteiger charge is -2.36. The zero-order chi connectivity index (χ0) is 13.5. The molecule has 0 radical (unpaired) electrons. The summed E-state index contributed by atoms with van der Waals surface area (Å²) in [4.78, 5) is 6.50. The molecule has 0 spiro atoms. The molecular weight excluding hydrogens is 242 g/mol. The molecule has 5 heteroatoms. The average molecular weight is 261 g/mol. The van der Waals surface area contributed by atoms with Crippen LogP contribution in [0.15, 0.2) is 23.2 Å². The van der Waals surface area contributed by atoms with E-state index in [0.717, 1.165) is 23.6 Å². The number of guanidine groups is 1. The Balaban J connectivity index is 1.98. The van der Waals surface area contributed by atoms with E-state index in [0.29, 0.717) is 25.7 Å². The molecule has 0 aliphatic carbocycles. The molecule has 3 rings (SSSR count). The molecule has 1 aromatic carbocycles. The predicted octanol–water partition coefficient (Wildman–Crippen LogP) is 1.32. The quantitative estimate of drug-likeness (QED) is 0.872. The maximum atomic E-state index is 5.96. The topological polar surface area (TPSA) is 60.1 Å². The lowest BCUT2D eigenvalue weighted by Crippen LogP contribution is -2.47. The number of fused-ring (bicyclic) bond motifs is 1. The number of rotatable bonds is 2. The molecule has 0 saturated heterocycles. The third kappa shape index (κ3) is 1.80. The summed E-state index contributed by atoms with van der Waals surface area (Å²) in [6.07, 6.45) is 0. The van der Waals surface area contributed by atoms with Gasteiger partial charge >= 0.3 is 0 Å². The average Bonchev–Trinajstić information content (AvgIpc) is 2.74. The van der Waals surface area contributed by atoms with Gasteiger partial charge in [0.15, 0.2) is 17.5 Å². The second kappa shape index (κ2) is 4.33. The maximum absolute atomic E-state index is 5.96. The lowest BCUT2D eigenvalue weighted by atomic mass is 9.90. The monoisotopic (exact) mass is 261 g/mol. The van der Waals surface area contributed by atoms with Gasteiger partial charge in [-0.05, 0) is 31.5 Å². The van der Waals surface area contributed by atoms with E-state index in [2.05, 4.69) is 29.8 Å². The number of nitrogens with zero attached hydrogens (tertiary/aromatic N) is 2. The first-order valence-electron chi connectivity index (χ1n) is 6.63. The molecule has 2 N–H and O–H groups in total. The summed E-state index contributed by atoms with van der Waals surface area (Å²) in [7, 11) is 0. The van der Waals surface area contributed by atoms with E-state index < -0.39 is 0 Å². The molecule has 0 fully saturated rings. The SMILES string of the molecule is CCN1C(N)=NCC1(C)c1ccc2c(c1)OCCO2. The first-order valence-corrected chi connectivity index (χ1v) is 6.63. The second-order valence-corrected chi connectivity index (χ2v) is 5.05. The number of likely N-dealkylation sites (N-methyl/N-ethyl adjacent to an activating group) is 1. The fourth-order valence-electron chi connectivity index (χ4n) is 2.79. The van der Waals surface area contributed by atoms with Gasteiger partial charge in [-0.1, -0.05) is 6.07 Å². The zero-order valence-corrected chi connectivity index (χ0v) is 11.3. The molecule has 1 atom stereocenters. The minimum absolute atomic E-state index is 0.200. The van der Waals surface area contributed by atoms with Crippen LogP contribution < -0.4 is 15.2 Å². The summed E-state index contributed by atoms with van der Waals surface area (Å²) in [5.74, 6) is 2.24. The van der Waals surface area contributed by atoms with Gasteiger partial charge < -0.3 is 20.1 Å². The van der Waals surface area contributed by atoms with Crippen molar-refractivity contribution in [3.8, 4) is 11.5 Å². The van der Waals surface area contributed by atoms with Crippen LogP contribution in [0.4, 0.5) is 0 Å². The minimum atomic E-state index is -0.200. The van der Waals surface area contributed by atoms with E-state index in [9.17, 15) is 0 Å². The number of hydrogen-bond acceptors (Lipinski definition) is 5. The summed E-state index contributed by atoms with van der Waals surface area (Å²) < 4.78 is 11.2. The lowest BCUT2D eigenvalue weighted by molar-refractivity contribution is 0.169. The van der Waals surface area contributed by atoms with Crippen LogP contribution in [0.2, 0.25) is 0 Å². The van der Waals surface area contributed by atoms with Crippen molar-refractivity contribution >= 4 is 5.96 Å². The van der Waals surface area contributed by atoms with Crippen molar-refractivity contribution < 1.29 is 9.47 Å². The number of benzene rings is 1. The Bertz CT molecular complexity index is 529. The Hall–Kier alpha value is -1.91. The molecule has 0 saturated carbocycles. The van der Waals surface area contributed by atoms with E-state index in [1.54, 1.807) is 0 Å². The largest absolute Gasteiger partial charge is 0.486 e. The second-order valence-electron chi connectivity index (χ2n) is 5.05. The number of nitrogens with two attached hydrogens (primary N) is 1.